The Morgan fingerprint density at radius 3 is 1.94 bits per heavy atom. The van der Waals surface area contributed by atoms with Crippen molar-refractivity contribution in [3.63, 3.8) is 0 Å². The first-order chi connectivity index (χ1) is 16.1. The summed E-state index contributed by atoms with van der Waals surface area (Å²) in [6, 6.07) is 25.0. The Hall–Kier alpha value is -3.44. The number of likely N-dealkylation sites (tertiary alicyclic amines) is 1. The molecule has 0 radical (unpaired) electrons. The van der Waals surface area contributed by atoms with Gasteiger partial charge in [-0.15, -0.1) is 0 Å². The fourth-order valence-corrected chi connectivity index (χ4v) is 4.65. The van der Waals surface area contributed by atoms with E-state index in [1.165, 1.54) is 12.1 Å². The molecule has 0 saturated carbocycles. The molecule has 168 valence electrons. The molecule has 0 spiro atoms. The van der Waals surface area contributed by atoms with Gasteiger partial charge < -0.3 is 9.80 Å². The number of carbonyl (C=O) groups is 1. The zero-order valence-corrected chi connectivity index (χ0v) is 18.7. The highest BCUT2D eigenvalue weighted by Crippen LogP contribution is 2.25. The molecule has 0 N–H and O–H groups in total. The molecule has 0 atom stereocenters. The molecule has 3 aromatic rings. The average Bonchev–Trinajstić information content (AvgIpc) is 2.84. The van der Waals surface area contributed by atoms with Gasteiger partial charge in [0.25, 0.3) is 5.91 Å². The van der Waals surface area contributed by atoms with Gasteiger partial charge in [0.15, 0.2) is 0 Å². The summed E-state index contributed by atoms with van der Waals surface area (Å²) in [7, 11) is 0. The number of halogens is 1. The van der Waals surface area contributed by atoms with E-state index >= 15 is 0 Å². The standard InChI is InChI=1S/C28H28FN3O/c1-21(22-11-13-26(29)14-12-22)30-15-17-31(18-16-30)27-19-32(20-27)28(33)25-9-7-24(8-10-25)23-5-3-2-4-6-23/h2-14,27H,1,15-20H2. The van der Waals surface area contributed by atoms with E-state index in [0.29, 0.717) is 6.04 Å². The monoisotopic (exact) mass is 441 g/mol. The van der Waals surface area contributed by atoms with E-state index in [2.05, 4.69) is 28.5 Å². The zero-order chi connectivity index (χ0) is 22.8. The van der Waals surface area contributed by atoms with Crippen LogP contribution in [0.2, 0.25) is 0 Å². The molecular formula is C28H28FN3O. The predicted octanol–water partition coefficient (Wildman–Crippen LogP) is 4.61. The molecule has 2 fully saturated rings. The van der Waals surface area contributed by atoms with Crippen molar-refractivity contribution in [1.29, 1.82) is 0 Å². The lowest BCUT2D eigenvalue weighted by Gasteiger charge is -2.48. The van der Waals surface area contributed by atoms with Crippen LogP contribution < -0.4 is 0 Å². The fourth-order valence-electron chi connectivity index (χ4n) is 4.65. The number of benzene rings is 3. The van der Waals surface area contributed by atoms with E-state index in [9.17, 15) is 9.18 Å². The second-order valence-electron chi connectivity index (χ2n) is 8.78. The van der Waals surface area contributed by atoms with Gasteiger partial charge in [0.2, 0.25) is 0 Å². The molecule has 0 unspecified atom stereocenters. The summed E-state index contributed by atoms with van der Waals surface area (Å²) in [5.41, 5.74) is 4.92. The van der Waals surface area contributed by atoms with E-state index < -0.39 is 0 Å². The first-order valence-corrected chi connectivity index (χ1v) is 11.5. The molecule has 5 heteroatoms. The van der Waals surface area contributed by atoms with Gasteiger partial charge in [-0.2, -0.15) is 0 Å². The molecule has 3 aromatic carbocycles. The minimum absolute atomic E-state index is 0.106. The largest absolute Gasteiger partial charge is 0.369 e. The molecule has 2 saturated heterocycles. The van der Waals surface area contributed by atoms with Crippen LogP contribution in [0.15, 0.2) is 85.4 Å². The van der Waals surface area contributed by atoms with Crippen LogP contribution in [0.5, 0.6) is 0 Å². The number of nitrogens with zero attached hydrogens (tertiary/aromatic N) is 3. The average molecular weight is 442 g/mol. The van der Waals surface area contributed by atoms with Crippen molar-refractivity contribution >= 4 is 11.6 Å². The molecule has 2 aliphatic heterocycles. The van der Waals surface area contributed by atoms with Crippen molar-refractivity contribution < 1.29 is 9.18 Å². The highest BCUT2D eigenvalue weighted by atomic mass is 19.1. The Kier molecular flexibility index (Phi) is 5.97. The van der Waals surface area contributed by atoms with Gasteiger partial charge in [0.05, 0.1) is 0 Å². The van der Waals surface area contributed by atoms with Gasteiger partial charge in [-0.25, -0.2) is 4.39 Å². The number of hydrogen-bond acceptors (Lipinski definition) is 3. The van der Waals surface area contributed by atoms with Crippen molar-refractivity contribution in [3.05, 3.63) is 102 Å². The fraction of sp³-hybridized carbons (Fsp3) is 0.250. The van der Waals surface area contributed by atoms with Crippen molar-refractivity contribution in [2.45, 2.75) is 6.04 Å². The normalized spacial score (nSPS) is 17.0. The maximum Gasteiger partial charge on any atom is 0.253 e. The third-order valence-electron chi connectivity index (χ3n) is 6.78. The SMILES string of the molecule is C=C(c1ccc(F)cc1)N1CCN(C2CN(C(=O)c3ccc(-c4ccccc4)cc3)C2)CC1. The van der Waals surface area contributed by atoms with E-state index in [0.717, 1.165) is 67.2 Å². The predicted molar refractivity (Wildman–Crippen MR) is 130 cm³/mol. The van der Waals surface area contributed by atoms with Crippen LogP contribution >= 0.6 is 0 Å². The molecule has 5 rings (SSSR count). The second kappa shape index (κ2) is 9.20. The lowest BCUT2D eigenvalue weighted by Crippen LogP contribution is -2.64. The lowest BCUT2D eigenvalue weighted by molar-refractivity contribution is 0.0144. The van der Waals surface area contributed by atoms with E-state index in [-0.39, 0.29) is 11.7 Å². The van der Waals surface area contributed by atoms with Crippen LogP contribution in [0.1, 0.15) is 15.9 Å². The molecule has 1 amide bonds. The van der Waals surface area contributed by atoms with Gasteiger partial charge in [-0.05, 0) is 41.0 Å². The van der Waals surface area contributed by atoms with E-state index in [1.54, 1.807) is 12.1 Å². The minimum atomic E-state index is -0.229. The van der Waals surface area contributed by atoms with Crippen LogP contribution in [-0.4, -0.2) is 65.9 Å². The van der Waals surface area contributed by atoms with Gasteiger partial charge in [0.1, 0.15) is 5.82 Å². The smallest absolute Gasteiger partial charge is 0.253 e. The topological polar surface area (TPSA) is 26.8 Å². The Labute approximate surface area is 194 Å². The molecule has 33 heavy (non-hydrogen) atoms. The van der Waals surface area contributed by atoms with Crippen LogP contribution in [0.4, 0.5) is 4.39 Å². The van der Waals surface area contributed by atoms with E-state index in [4.69, 9.17) is 0 Å². The Bertz CT molecular complexity index is 1110. The maximum atomic E-state index is 13.2. The molecule has 2 aliphatic rings. The number of hydrogen-bond donors (Lipinski definition) is 0. The molecular weight excluding hydrogens is 413 g/mol. The summed E-state index contributed by atoms with van der Waals surface area (Å²) in [6.07, 6.45) is 0. The minimum Gasteiger partial charge on any atom is -0.369 e. The van der Waals surface area contributed by atoms with Gasteiger partial charge >= 0.3 is 0 Å². The van der Waals surface area contributed by atoms with Crippen molar-refractivity contribution in [3.8, 4) is 11.1 Å². The third kappa shape index (κ3) is 4.55. The summed E-state index contributed by atoms with van der Waals surface area (Å²) < 4.78 is 13.2. The summed E-state index contributed by atoms with van der Waals surface area (Å²) in [5, 5.41) is 0. The highest BCUT2D eigenvalue weighted by Gasteiger charge is 2.36. The second-order valence-corrected chi connectivity index (χ2v) is 8.78. The number of piperazine rings is 1. The summed E-state index contributed by atoms with van der Waals surface area (Å²) in [6.45, 7) is 9.43. The first-order valence-electron chi connectivity index (χ1n) is 11.5. The zero-order valence-electron chi connectivity index (χ0n) is 18.7. The molecule has 4 nitrogen and oxygen atoms in total. The Morgan fingerprint density at radius 1 is 0.727 bits per heavy atom. The quantitative estimate of drug-likeness (QED) is 0.579. The Balaban J connectivity index is 1.11. The van der Waals surface area contributed by atoms with Gasteiger partial charge in [-0.1, -0.05) is 61.2 Å². The number of rotatable bonds is 5. The van der Waals surface area contributed by atoms with Crippen molar-refractivity contribution in [2.24, 2.45) is 0 Å². The molecule has 0 aromatic heterocycles. The summed E-state index contributed by atoms with van der Waals surface area (Å²) in [5.74, 6) is -0.123. The first kappa shape index (κ1) is 21.4. The third-order valence-corrected chi connectivity index (χ3v) is 6.78. The molecule has 0 bridgehead atoms. The van der Waals surface area contributed by atoms with Gasteiger partial charge in [0, 0.05) is 56.6 Å². The molecule has 2 heterocycles. The maximum absolute atomic E-state index is 13.2. The van der Waals surface area contributed by atoms with Gasteiger partial charge in [-0.3, -0.25) is 9.69 Å². The van der Waals surface area contributed by atoms with Crippen molar-refractivity contribution in [2.75, 3.05) is 39.3 Å². The van der Waals surface area contributed by atoms with Crippen LogP contribution in [0.3, 0.4) is 0 Å². The highest BCUT2D eigenvalue weighted by molar-refractivity contribution is 5.95. The number of amides is 1. The lowest BCUT2D eigenvalue weighted by atomic mass is 10.0. The van der Waals surface area contributed by atoms with E-state index in [1.807, 2.05) is 47.4 Å². The number of carbonyl (C=O) groups excluding carboxylic acids is 1. The van der Waals surface area contributed by atoms with Crippen LogP contribution in [0.25, 0.3) is 16.8 Å². The molecule has 0 aliphatic carbocycles. The summed E-state index contributed by atoms with van der Waals surface area (Å²) >= 11 is 0. The van der Waals surface area contributed by atoms with Crippen molar-refractivity contribution in [1.82, 2.24) is 14.7 Å². The van der Waals surface area contributed by atoms with Crippen LogP contribution in [0, 0.1) is 5.82 Å². The van der Waals surface area contributed by atoms with Crippen LogP contribution in [-0.2, 0) is 0 Å². The Morgan fingerprint density at radius 2 is 1.30 bits per heavy atom. The summed E-state index contributed by atoms with van der Waals surface area (Å²) in [4.78, 5) is 19.6.